The molecule has 0 radical (unpaired) electrons. The molecule has 5 nitrogen and oxygen atoms in total. The summed E-state index contributed by atoms with van der Waals surface area (Å²) in [5, 5.41) is 0. The van der Waals surface area contributed by atoms with Gasteiger partial charge in [-0.25, -0.2) is 0 Å². The van der Waals surface area contributed by atoms with Gasteiger partial charge in [0.15, 0.2) is 0 Å². The predicted octanol–water partition coefficient (Wildman–Crippen LogP) is 4.28. The molecule has 0 spiro atoms. The van der Waals surface area contributed by atoms with Crippen molar-refractivity contribution in [2.24, 2.45) is 0 Å². The van der Waals surface area contributed by atoms with Gasteiger partial charge in [-0.2, -0.15) is 8.42 Å². The molecule has 0 aliphatic carbocycles. The van der Waals surface area contributed by atoms with Gasteiger partial charge in [-0.15, -0.1) is 0 Å². The Balaban J connectivity index is 3.31. The standard InChI is InChI=1S/C17H32O5S/c1-2-3-4-5-6-7-8-9-10-11-12-14-17(18)22-15-13-16-23(19,20)21/h5-6H,2-4,7-16H2,1H3,(H,19,20,21). The van der Waals surface area contributed by atoms with Crippen molar-refractivity contribution in [3.8, 4) is 0 Å². The van der Waals surface area contributed by atoms with Gasteiger partial charge in [-0.05, 0) is 32.1 Å². The predicted molar refractivity (Wildman–Crippen MR) is 93.0 cm³/mol. The normalized spacial score (nSPS) is 11.9. The molecule has 0 heterocycles. The Labute approximate surface area is 141 Å². The minimum atomic E-state index is -3.96. The van der Waals surface area contributed by atoms with Crippen molar-refractivity contribution in [3.63, 3.8) is 0 Å². The average molecular weight is 349 g/mol. The number of unbranched alkanes of at least 4 members (excludes halogenated alkanes) is 7. The molecular formula is C17H32O5S. The lowest BCUT2D eigenvalue weighted by molar-refractivity contribution is -0.143. The molecule has 136 valence electrons. The first-order valence-corrected chi connectivity index (χ1v) is 10.3. The van der Waals surface area contributed by atoms with Crippen LogP contribution in [0.25, 0.3) is 0 Å². The molecule has 0 bridgehead atoms. The lowest BCUT2D eigenvalue weighted by Gasteiger charge is -2.04. The first-order chi connectivity index (χ1) is 11.0. The molecule has 1 N–H and O–H groups in total. The van der Waals surface area contributed by atoms with Crippen molar-refractivity contribution in [2.75, 3.05) is 12.4 Å². The number of carbonyl (C=O) groups is 1. The summed E-state index contributed by atoms with van der Waals surface area (Å²) in [6.07, 6.45) is 15.2. The third kappa shape index (κ3) is 19.1. The fourth-order valence-electron chi connectivity index (χ4n) is 2.12. The Morgan fingerprint density at radius 1 is 0.957 bits per heavy atom. The van der Waals surface area contributed by atoms with Gasteiger partial charge in [0.25, 0.3) is 10.1 Å². The maximum Gasteiger partial charge on any atom is 0.305 e. The maximum atomic E-state index is 11.4. The highest BCUT2D eigenvalue weighted by Gasteiger charge is 2.06. The second kappa shape index (κ2) is 14.7. The third-order valence-corrected chi connectivity index (χ3v) is 4.26. The molecule has 6 heteroatoms. The molecular weight excluding hydrogens is 316 g/mol. The maximum absolute atomic E-state index is 11.4. The first kappa shape index (κ1) is 22.1. The highest BCUT2D eigenvalue weighted by molar-refractivity contribution is 7.85. The molecule has 23 heavy (non-hydrogen) atoms. The summed E-state index contributed by atoms with van der Waals surface area (Å²) >= 11 is 0. The highest BCUT2D eigenvalue weighted by Crippen LogP contribution is 2.09. The van der Waals surface area contributed by atoms with E-state index in [1.807, 2.05) is 0 Å². The minimum absolute atomic E-state index is 0.0446. The van der Waals surface area contributed by atoms with Gasteiger partial charge in [-0.3, -0.25) is 9.35 Å². The molecule has 0 atom stereocenters. The summed E-state index contributed by atoms with van der Waals surface area (Å²) in [5.74, 6) is -0.660. The van der Waals surface area contributed by atoms with Crippen LogP contribution in [-0.2, 0) is 19.6 Å². The van der Waals surface area contributed by atoms with E-state index >= 15 is 0 Å². The monoisotopic (exact) mass is 348 g/mol. The van der Waals surface area contributed by atoms with Crippen molar-refractivity contribution in [3.05, 3.63) is 12.2 Å². The van der Waals surface area contributed by atoms with Crippen molar-refractivity contribution in [2.45, 2.75) is 77.6 Å². The largest absolute Gasteiger partial charge is 0.466 e. The Morgan fingerprint density at radius 2 is 1.57 bits per heavy atom. The van der Waals surface area contributed by atoms with Crippen LogP contribution in [0, 0.1) is 0 Å². The van der Waals surface area contributed by atoms with E-state index in [1.54, 1.807) is 0 Å². The minimum Gasteiger partial charge on any atom is -0.466 e. The second-order valence-corrected chi connectivity index (χ2v) is 7.35. The molecule has 0 amide bonds. The lowest BCUT2D eigenvalue weighted by Crippen LogP contribution is -2.10. The molecule has 0 rings (SSSR count). The summed E-state index contributed by atoms with van der Waals surface area (Å²) in [5.41, 5.74) is 0. The molecule has 0 fully saturated rings. The SMILES string of the molecule is CCCCC=CCCCCCCCC(=O)OCCCS(=O)(=O)O. The van der Waals surface area contributed by atoms with E-state index in [0.717, 1.165) is 25.7 Å². The van der Waals surface area contributed by atoms with E-state index in [9.17, 15) is 13.2 Å². The van der Waals surface area contributed by atoms with E-state index in [2.05, 4.69) is 19.1 Å². The molecule has 0 saturated carbocycles. The first-order valence-electron chi connectivity index (χ1n) is 8.71. The Bertz CT molecular complexity index is 415. The number of allylic oxidation sites excluding steroid dienone is 2. The van der Waals surface area contributed by atoms with Gasteiger partial charge in [0.05, 0.1) is 12.4 Å². The molecule has 0 aromatic carbocycles. The van der Waals surface area contributed by atoms with Gasteiger partial charge in [0.2, 0.25) is 0 Å². The van der Waals surface area contributed by atoms with E-state index in [-0.39, 0.29) is 24.7 Å². The van der Waals surface area contributed by atoms with Crippen molar-refractivity contribution >= 4 is 16.1 Å². The number of hydrogen-bond acceptors (Lipinski definition) is 4. The van der Waals surface area contributed by atoms with E-state index in [4.69, 9.17) is 9.29 Å². The van der Waals surface area contributed by atoms with Crippen LogP contribution >= 0.6 is 0 Å². The van der Waals surface area contributed by atoms with Crippen LogP contribution in [0.4, 0.5) is 0 Å². The van der Waals surface area contributed by atoms with Gasteiger partial charge in [0.1, 0.15) is 0 Å². The number of rotatable bonds is 15. The van der Waals surface area contributed by atoms with Gasteiger partial charge < -0.3 is 4.74 Å². The van der Waals surface area contributed by atoms with Crippen LogP contribution in [-0.4, -0.2) is 31.3 Å². The van der Waals surface area contributed by atoms with Crippen LogP contribution in [0.5, 0.6) is 0 Å². The number of ether oxygens (including phenoxy) is 1. The van der Waals surface area contributed by atoms with Crippen molar-refractivity contribution < 1.29 is 22.5 Å². The molecule has 0 aliphatic heterocycles. The Kier molecular flexibility index (Phi) is 14.1. The van der Waals surface area contributed by atoms with Crippen LogP contribution in [0.3, 0.4) is 0 Å². The number of carbonyl (C=O) groups excluding carboxylic acids is 1. The molecule has 0 unspecified atom stereocenters. The second-order valence-electron chi connectivity index (χ2n) is 5.78. The van der Waals surface area contributed by atoms with E-state index < -0.39 is 10.1 Å². The number of esters is 1. The molecule has 0 saturated heterocycles. The Hall–Kier alpha value is -0.880. The zero-order valence-corrected chi connectivity index (χ0v) is 15.2. The fraction of sp³-hybridized carbons (Fsp3) is 0.824. The quantitative estimate of drug-likeness (QED) is 0.207. The van der Waals surface area contributed by atoms with E-state index in [1.165, 1.54) is 32.1 Å². The topological polar surface area (TPSA) is 80.7 Å². The summed E-state index contributed by atoms with van der Waals surface area (Å²) < 4.78 is 34.4. The van der Waals surface area contributed by atoms with Crippen LogP contribution in [0.1, 0.15) is 77.6 Å². The smallest absolute Gasteiger partial charge is 0.305 e. The average Bonchev–Trinajstić information content (AvgIpc) is 2.48. The Morgan fingerprint density at radius 3 is 2.22 bits per heavy atom. The molecule has 0 aliphatic rings. The highest BCUT2D eigenvalue weighted by atomic mass is 32.2. The van der Waals surface area contributed by atoms with Gasteiger partial charge in [0, 0.05) is 6.42 Å². The lowest BCUT2D eigenvalue weighted by atomic mass is 10.1. The van der Waals surface area contributed by atoms with Crippen LogP contribution < -0.4 is 0 Å². The molecule has 0 aromatic rings. The van der Waals surface area contributed by atoms with Gasteiger partial charge in [-0.1, -0.05) is 51.2 Å². The fourth-order valence-corrected chi connectivity index (χ4v) is 2.60. The zero-order chi connectivity index (χ0) is 17.4. The van der Waals surface area contributed by atoms with Crippen molar-refractivity contribution in [1.82, 2.24) is 0 Å². The van der Waals surface area contributed by atoms with E-state index in [0.29, 0.717) is 6.42 Å². The zero-order valence-electron chi connectivity index (χ0n) is 14.3. The number of hydrogen-bond donors (Lipinski definition) is 1. The summed E-state index contributed by atoms with van der Waals surface area (Å²) in [6, 6.07) is 0. The summed E-state index contributed by atoms with van der Waals surface area (Å²) in [6.45, 7) is 2.24. The van der Waals surface area contributed by atoms with Crippen LogP contribution in [0.2, 0.25) is 0 Å². The third-order valence-electron chi connectivity index (χ3n) is 3.45. The summed E-state index contributed by atoms with van der Waals surface area (Å²) in [7, 11) is -3.96. The van der Waals surface area contributed by atoms with Crippen LogP contribution in [0.15, 0.2) is 12.2 Å². The summed E-state index contributed by atoms with van der Waals surface area (Å²) in [4.78, 5) is 11.4. The molecule has 0 aromatic heterocycles. The van der Waals surface area contributed by atoms with Gasteiger partial charge >= 0.3 is 5.97 Å². The van der Waals surface area contributed by atoms with Crippen molar-refractivity contribution in [1.29, 1.82) is 0 Å².